The zero-order chi connectivity index (χ0) is 25.7. The number of aryl methyl sites for hydroxylation is 1. The van der Waals surface area contributed by atoms with Gasteiger partial charge in [0, 0.05) is 18.7 Å². The van der Waals surface area contributed by atoms with Gasteiger partial charge in [-0.25, -0.2) is 0 Å². The van der Waals surface area contributed by atoms with Crippen LogP contribution >= 0.6 is 0 Å². The van der Waals surface area contributed by atoms with Crippen molar-refractivity contribution in [2.45, 2.75) is 40.7 Å². The molecule has 0 aliphatic carbocycles. The molecule has 1 atom stereocenters. The molecule has 0 unspecified atom stereocenters. The molecule has 0 bridgehead atoms. The molecule has 7 heteroatoms. The number of hydrogen-bond acceptors (Lipinski definition) is 6. The largest absolute Gasteiger partial charge is 0.508 e. The lowest BCUT2D eigenvalue weighted by atomic mass is 9.94. The Kier molecular flexibility index (Phi) is 8.57. The number of aliphatic hydroxyl groups excluding tert-OH is 1. The molecule has 0 spiro atoms. The number of benzene rings is 2. The van der Waals surface area contributed by atoms with E-state index >= 15 is 0 Å². The van der Waals surface area contributed by atoms with Crippen molar-refractivity contribution in [1.82, 2.24) is 9.80 Å². The Balaban J connectivity index is 2.05. The van der Waals surface area contributed by atoms with E-state index in [1.807, 2.05) is 26.8 Å². The average molecular weight is 481 g/mol. The first-order valence-corrected chi connectivity index (χ1v) is 12.2. The standard InChI is InChI=1S/C28H36N2O5/c1-6-29(7-2)14-15-30-25(20-8-10-21(31)11-9-20)24(27(33)28(30)34)26(32)23-13-12-22(16-19(23)5)35-17-18(3)4/h8-13,16,18,25,31-32H,6-7,14-15,17H2,1-5H3/b26-24+/t25-/m1/s1. The summed E-state index contributed by atoms with van der Waals surface area (Å²) in [7, 11) is 0. The number of carbonyl (C=O) groups excluding carboxylic acids is 2. The molecule has 0 radical (unpaired) electrons. The van der Waals surface area contributed by atoms with Crippen LogP contribution in [0.1, 0.15) is 50.4 Å². The fourth-order valence-electron chi connectivity index (χ4n) is 4.30. The Morgan fingerprint density at radius 1 is 1.09 bits per heavy atom. The summed E-state index contributed by atoms with van der Waals surface area (Å²) in [5.41, 5.74) is 1.92. The summed E-state index contributed by atoms with van der Waals surface area (Å²) < 4.78 is 5.79. The van der Waals surface area contributed by atoms with Gasteiger partial charge in [-0.1, -0.05) is 39.8 Å². The highest BCUT2D eigenvalue weighted by molar-refractivity contribution is 6.46. The molecule has 7 nitrogen and oxygen atoms in total. The van der Waals surface area contributed by atoms with Crippen molar-refractivity contribution in [3.05, 3.63) is 64.7 Å². The minimum atomic E-state index is -0.748. The van der Waals surface area contributed by atoms with Gasteiger partial charge in [0.15, 0.2) is 0 Å². The molecule has 2 aromatic carbocycles. The highest BCUT2D eigenvalue weighted by Gasteiger charge is 2.46. The predicted octanol–water partition coefficient (Wildman–Crippen LogP) is 4.50. The molecular weight excluding hydrogens is 444 g/mol. The lowest BCUT2D eigenvalue weighted by Crippen LogP contribution is -2.38. The van der Waals surface area contributed by atoms with Crippen LogP contribution in [0.15, 0.2) is 48.0 Å². The van der Waals surface area contributed by atoms with Crippen LogP contribution in [0.5, 0.6) is 11.5 Å². The van der Waals surface area contributed by atoms with E-state index in [-0.39, 0.29) is 17.1 Å². The molecule has 1 amide bonds. The van der Waals surface area contributed by atoms with E-state index in [1.165, 1.54) is 17.0 Å². The summed E-state index contributed by atoms with van der Waals surface area (Å²) in [6.07, 6.45) is 0. The number of phenolic OH excluding ortho intramolecular Hbond substituents is 1. The number of likely N-dealkylation sites (tertiary alicyclic amines) is 1. The molecule has 1 aliphatic heterocycles. The van der Waals surface area contributed by atoms with E-state index in [4.69, 9.17) is 4.74 Å². The molecule has 1 heterocycles. The molecule has 0 aromatic heterocycles. The summed E-state index contributed by atoms with van der Waals surface area (Å²) in [4.78, 5) is 30.0. The Morgan fingerprint density at radius 3 is 2.31 bits per heavy atom. The molecule has 188 valence electrons. The molecule has 1 saturated heterocycles. The number of ketones is 1. The number of amides is 1. The number of carbonyl (C=O) groups is 2. The minimum absolute atomic E-state index is 0.0548. The Morgan fingerprint density at radius 2 is 1.74 bits per heavy atom. The Labute approximate surface area is 207 Å². The smallest absolute Gasteiger partial charge is 0.295 e. The normalized spacial score (nSPS) is 17.6. The van der Waals surface area contributed by atoms with Crippen molar-refractivity contribution < 1.29 is 24.5 Å². The van der Waals surface area contributed by atoms with Crippen molar-refractivity contribution >= 4 is 17.4 Å². The zero-order valence-corrected chi connectivity index (χ0v) is 21.2. The quantitative estimate of drug-likeness (QED) is 0.296. The van der Waals surface area contributed by atoms with Gasteiger partial charge in [-0.05, 0) is 67.4 Å². The summed E-state index contributed by atoms with van der Waals surface area (Å²) in [5, 5.41) is 21.1. The first-order chi connectivity index (χ1) is 16.7. The summed E-state index contributed by atoms with van der Waals surface area (Å²) >= 11 is 0. The number of likely N-dealkylation sites (N-methyl/N-ethyl adjacent to an activating group) is 1. The highest BCUT2D eigenvalue weighted by atomic mass is 16.5. The van der Waals surface area contributed by atoms with Crippen LogP contribution in [0, 0.1) is 12.8 Å². The molecule has 1 fully saturated rings. The summed E-state index contributed by atoms with van der Waals surface area (Å²) in [6.45, 7) is 13.2. The van der Waals surface area contributed by atoms with E-state index in [9.17, 15) is 19.8 Å². The van der Waals surface area contributed by atoms with Crippen molar-refractivity contribution in [2.24, 2.45) is 5.92 Å². The summed E-state index contributed by atoms with van der Waals surface area (Å²) in [5.74, 6) is -0.407. The van der Waals surface area contributed by atoms with Gasteiger partial charge in [-0.3, -0.25) is 9.59 Å². The van der Waals surface area contributed by atoms with E-state index in [1.54, 1.807) is 24.3 Å². The molecule has 2 aromatic rings. The van der Waals surface area contributed by atoms with Gasteiger partial charge < -0.3 is 24.7 Å². The Bertz CT molecular complexity index is 1090. The topological polar surface area (TPSA) is 90.3 Å². The van der Waals surface area contributed by atoms with Gasteiger partial charge in [0.2, 0.25) is 0 Å². The second-order valence-corrected chi connectivity index (χ2v) is 9.29. The van der Waals surface area contributed by atoms with Gasteiger partial charge in [0.05, 0.1) is 18.2 Å². The van der Waals surface area contributed by atoms with E-state index in [0.29, 0.717) is 42.5 Å². The van der Waals surface area contributed by atoms with Crippen LogP contribution in [0.3, 0.4) is 0 Å². The number of nitrogens with zero attached hydrogens (tertiary/aromatic N) is 2. The van der Waals surface area contributed by atoms with Gasteiger partial charge in [-0.15, -0.1) is 0 Å². The van der Waals surface area contributed by atoms with Gasteiger partial charge in [-0.2, -0.15) is 0 Å². The van der Waals surface area contributed by atoms with E-state index in [2.05, 4.69) is 18.7 Å². The van der Waals surface area contributed by atoms with Crippen LogP contribution in [0.2, 0.25) is 0 Å². The lowest BCUT2D eigenvalue weighted by molar-refractivity contribution is -0.140. The maximum absolute atomic E-state index is 13.2. The first-order valence-electron chi connectivity index (χ1n) is 12.2. The lowest BCUT2D eigenvalue weighted by Gasteiger charge is -2.28. The average Bonchev–Trinajstić information content (AvgIpc) is 3.08. The fraction of sp³-hybridized carbons (Fsp3) is 0.429. The molecule has 1 aliphatic rings. The third kappa shape index (κ3) is 5.85. The Hall–Kier alpha value is -3.32. The first kappa shape index (κ1) is 26.3. The number of phenols is 1. The molecule has 35 heavy (non-hydrogen) atoms. The number of Topliss-reactive ketones (excluding diaryl/α,β-unsaturated/α-hetero) is 1. The van der Waals surface area contributed by atoms with Crippen molar-refractivity contribution in [1.29, 1.82) is 0 Å². The second kappa shape index (κ2) is 11.4. The van der Waals surface area contributed by atoms with Crippen LogP contribution < -0.4 is 4.74 Å². The molecule has 3 rings (SSSR count). The number of aromatic hydroxyl groups is 1. The fourth-order valence-corrected chi connectivity index (χ4v) is 4.30. The molecule has 0 saturated carbocycles. The van der Waals surface area contributed by atoms with Crippen molar-refractivity contribution in [3.8, 4) is 11.5 Å². The van der Waals surface area contributed by atoms with Crippen LogP contribution in [0.25, 0.3) is 5.76 Å². The van der Waals surface area contributed by atoms with E-state index in [0.717, 1.165) is 18.7 Å². The van der Waals surface area contributed by atoms with Crippen molar-refractivity contribution in [3.63, 3.8) is 0 Å². The minimum Gasteiger partial charge on any atom is -0.508 e. The molecular formula is C28H36N2O5. The SMILES string of the molecule is CCN(CC)CCN1C(=O)C(=O)/C(=C(/O)c2ccc(OCC(C)C)cc2C)[C@H]1c1ccc(O)cc1. The van der Waals surface area contributed by atoms with E-state index < -0.39 is 17.7 Å². The maximum Gasteiger partial charge on any atom is 0.295 e. The molecule has 2 N–H and O–H groups in total. The third-order valence-electron chi connectivity index (χ3n) is 6.34. The maximum atomic E-state index is 13.2. The second-order valence-electron chi connectivity index (χ2n) is 9.29. The van der Waals surface area contributed by atoms with Crippen molar-refractivity contribution in [2.75, 3.05) is 32.8 Å². The van der Waals surface area contributed by atoms with Crippen LogP contribution in [-0.4, -0.2) is 64.5 Å². The monoisotopic (exact) mass is 480 g/mol. The predicted molar refractivity (Wildman–Crippen MR) is 136 cm³/mol. The number of rotatable bonds is 10. The number of ether oxygens (including phenoxy) is 1. The number of aliphatic hydroxyl groups is 1. The number of hydrogen-bond donors (Lipinski definition) is 2. The van der Waals surface area contributed by atoms with Crippen LogP contribution in [-0.2, 0) is 9.59 Å². The highest BCUT2D eigenvalue weighted by Crippen LogP contribution is 2.40. The van der Waals surface area contributed by atoms with Gasteiger partial charge >= 0.3 is 0 Å². The summed E-state index contributed by atoms with van der Waals surface area (Å²) in [6, 6.07) is 11.0. The van der Waals surface area contributed by atoms with Crippen LogP contribution in [0.4, 0.5) is 0 Å². The zero-order valence-electron chi connectivity index (χ0n) is 21.2. The third-order valence-corrected chi connectivity index (χ3v) is 6.34. The van der Waals surface area contributed by atoms with Gasteiger partial charge in [0.1, 0.15) is 17.3 Å². The van der Waals surface area contributed by atoms with Gasteiger partial charge in [0.25, 0.3) is 11.7 Å².